The highest BCUT2D eigenvalue weighted by molar-refractivity contribution is 6.91. The number of nitrogens with one attached hydrogen (secondary N) is 2. The molecule has 0 aliphatic heterocycles. The summed E-state index contributed by atoms with van der Waals surface area (Å²) in [5, 5.41) is 1.95. The third-order valence-corrected chi connectivity index (χ3v) is 22.6. The molecule has 0 saturated carbocycles. The van der Waals surface area contributed by atoms with E-state index in [2.05, 4.69) is 128 Å². The molecule has 4 aromatic rings. The molecule has 8 heteroatoms. The van der Waals surface area contributed by atoms with E-state index >= 15 is 0 Å². The summed E-state index contributed by atoms with van der Waals surface area (Å²) >= 11 is 0. The Morgan fingerprint density at radius 2 is 0.841 bits per heavy atom. The van der Waals surface area contributed by atoms with Gasteiger partial charge < -0.3 is 0 Å². The number of nitrogens with zero attached hydrogens (tertiary/aromatic N) is 2. The van der Waals surface area contributed by atoms with E-state index in [9.17, 15) is 9.59 Å². The Kier molecular flexibility index (Phi) is 9.49. The standard InChI is InChI=1S/C36H48N4O2Si2/c1-21(2)43(22(3)4,23(5)6)19-17-29-27-15-13-14-16-28(27)30(18-20-44(24(7)8,25(9)10)26(11)12)32-31(29)37-33-34(38-32)40-36(42)35(41)39-33/h13-16,21-26H,1-12H3,(H,37,39,41)(H,38,40,42). The SMILES string of the molecule is CC(C)[Si](C#Cc1c2ccccc2c(C#C[Si](C(C)C)(C(C)C)C(C)C)c2nc3[nH]c(=O)c(=O)[nH]c3nc12)(C(C)C)C(C)C. The summed E-state index contributed by atoms with van der Waals surface area (Å²) in [6.07, 6.45) is 0. The molecule has 2 heterocycles. The fraction of sp³-hybridized carbons (Fsp3) is 0.500. The first-order chi connectivity index (χ1) is 20.6. The first-order valence-corrected chi connectivity index (χ1v) is 20.5. The van der Waals surface area contributed by atoms with E-state index in [1.165, 1.54) is 0 Å². The molecule has 0 unspecified atom stereocenters. The highest BCUT2D eigenvalue weighted by atomic mass is 28.3. The number of aromatic nitrogens is 4. The summed E-state index contributed by atoms with van der Waals surface area (Å²) in [7, 11) is -4.17. The number of hydrogen-bond acceptors (Lipinski definition) is 4. The maximum Gasteiger partial charge on any atom is 0.315 e. The molecule has 232 valence electrons. The molecule has 6 nitrogen and oxygen atoms in total. The number of aromatic amines is 2. The molecule has 0 aliphatic rings. The maximum absolute atomic E-state index is 12.3. The number of hydrogen-bond donors (Lipinski definition) is 2. The van der Waals surface area contributed by atoms with E-state index in [4.69, 9.17) is 9.97 Å². The maximum atomic E-state index is 12.3. The molecule has 0 fully saturated rings. The van der Waals surface area contributed by atoms with E-state index in [1.807, 2.05) is 12.1 Å². The molecule has 0 radical (unpaired) electrons. The van der Waals surface area contributed by atoms with Gasteiger partial charge in [0.25, 0.3) is 0 Å². The zero-order valence-corrected chi connectivity index (χ0v) is 30.5. The summed E-state index contributed by atoms with van der Waals surface area (Å²) in [6, 6.07) is 8.23. The Balaban J connectivity index is 2.25. The topological polar surface area (TPSA) is 91.5 Å². The Labute approximate surface area is 263 Å². The summed E-state index contributed by atoms with van der Waals surface area (Å²) in [5.74, 6) is 7.33. The van der Waals surface area contributed by atoms with Gasteiger partial charge in [0.1, 0.15) is 27.2 Å². The second-order valence-corrected chi connectivity index (χ2v) is 25.3. The minimum atomic E-state index is -2.08. The van der Waals surface area contributed by atoms with Gasteiger partial charge in [-0.05, 0) is 33.2 Å². The normalized spacial score (nSPS) is 12.7. The summed E-state index contributed by atoms with van der Waals surface area (Å²) < 4.78 is 0. The molecule has 2 aromatic carbocycles. The van der Waals surface area contributed by atoms with Crippen LogP contribution in [-0.4, -0.2) is 36.1 Å². The minimum Gasteiger partial charge on any atom is -0.299 e. The van der Waals surface area contributed by atoms with Crippen molar-refractivity contribution in [1.29, 1.82) is 0 Å². The lowest BCUT2D eigenvalue weighted by Gasteiger charge is -2.38. The number of benzene rings is 2. The van der Waals surface area contributed by atoms with E-state index in [-0.39, 0.29) is 11.3 Å². The highest BCUT2D eigenvalue weighted by Gasteiger charge is 2.43. The lowest BCUT2D eigenvalue weighted by atomic mass is 9.97. The van der Waals surface area contributed by atoms with Gasteiger partial charge in [-0.1, -0.05) is 119 Å². The zero-order chi connectivity index (χ0) is 32.7. The fourth-order valence-corrected chi connectivity index (χ4v) is 18.3. The quantitative estimate of drug-likeness (QED) is 0.0975. The molecule has 2 N–H and O–H groups in total. The van der Waals surface area contributed by atoms with Gasteiger partial charge in [-0.15, -0.1) is 11.1 Å². The second kappa shape index (κ2) is 12.5. The summed E-state index contributed by atoms with van der Waals surface area (Å²) in [6.45, 7) is 27.6. The van der Waals surface area contributed by atoms with Gasteiger partial charge in [-0.25, -0.2) is 9.97 Å². The van der Waals surface area contributed by atoms with Crippen molar-refractivity contribution in [3.63, 3.8) is 0 Å². The van der Waals surface area contributed by atoms with Crippen LogP contribution in [0.2, 0.25) is 33.2 Å². The van der Waals surface area contributed by atoms with Crippen molar-refractivity contribution in [1.82, 2.24) is 19.9 Å². The smallest absolute Gasteiger partial charge is 0.299 e. The number of fused-ring (bicyclic) bond motifs is 3. The fourth-order valence-electron chi connectivity index (χ4n) is 7.92. The lowest BCUT2D eigenvalue weighted by Crippen LogP contribution is -2.43. The van der Waals surface area contributed by atoms with E-state index in [0.717, 1.165) is 21.9 Å². The molecular formula is C36H48N4O2Si2. The van der Waals surface area contributed by atoms with Crippen LogP contribution in [0.3, 0.4) is 0 Å². The monoisotopic (exact) mass is 624 g/mol. The van der Waals surface area contributed by atoms with Crippen molar-refractivity contribution in [3.05, 3.63) is 56.1 Å². The predicted molar refractivity (Wildman–Crippen MR) is 192 cm³/mol. The van der Waals surface area contributed by atoms with Crippen LogP contribution in [0.5, 0.6) is 0 Å². The predicted octanol–water partition coefficient (Wildman–Crippen LogP) is 8.45. The molecule has 0 atom stereocenters. The van der Waals surface area contributed by atoms with Crippen LogP contribution < -0.4 is 11.1 Å². The molecule has 0 spiro atoms. The van der Waals surface area contributed by atoms with Gasteiger partial charge in [-0.2, -0.15) is 0 Å². The zero-order valence-electron chi connectivity index (χ0n) is 28.5. The first-order valence-electron chi connectivity index (χ1n) is 16.0. The highest BCUT2D eigenvalue weighted by Crippen LogP contribution is 2.42. The molecule has 44 heavy (non-hydrogen) atoms. The number of rotatable bonds is 6. The van der Waals surface area contributed by atoms with E-state index < -0.39 is 27.3 Å². The summed E-state index contributed by atoms with van der Waals surface area (Å²) in [5.41, 5.74) is 12.3. The van der Waals surface area contributed by atoms with Crippen LogP contribution in [0.25, 0.3) is 33.1 Å². The van der Waals surface area contributed by atoms with Crippen molar-refractivity contribution in [2.45, 2.75) is 116 Å². The molecule has 0 amide bonds. The van der Waals surface area contributed by atoms with Crippen molar-refractivity contribution >= 4 is 49.2 Å². The Morgan fingerprint density at radius 1 is 0.545 bits per heavy atom. The molecule has 0 saturated heterocycles. The van der Waals surface area contributed by atoms with Gasteiger partial charge in [0.2, 0.25) is 0 Å². The van der Waals surface area contributed by atoms with Gasteiger partial charge in [0, 0.05) is 10.8 Å². The van der Waals surface area contributed by atoms with E-state index in [1.54, 1.807) is 0 Å². The van der Waals surface area contributed by atoms with Crippen LogP contribution in [0.15, 0.2) is 33.9 Å². The Hall–Kier alpha value is -3.47. The molecular weight excluding hydrogens is 577 g/mol. The van der Waals surface area contributed by atoms with Crippen LogP contribution in [0.4, 0.5) is 0 Å². The average molecular weight is 625 g/mol. The molecule has 0 aliphatic carbocycles. The minimum absolute atomic E-state index is 0.231. The lowest BCUT2D eigenvalue weighted by molar-refractivity contribution is 0.838. The average Bonchev–Trinajstić information content (AvgIpc) is 2.93. The first kappa shape index (κ1) is 33.4. The Bertz CT molecular complexity index is 1780. The largest absolute Gasteiger partial charge is 0.315 e. The molecule has 2 aromatic heterocycles. The molecule has 4 rings (SSSR count). The van der Waals surface area contributed by atoms with Crippen molar-refractivity contribution < 1.29 is 0 Å². The Morgan fingerprint density at radius 3 is 1.11 bits per heavy atom. The van der Waals surface area contributed by atoms with Crippen molar-refractivity contribution in [2.75, 3.05) is 0 Å². The van der Waals surface area contributed by atoms with Crippen LogP contribution >= 0.6 is 0 Å². The van der Waals surface area contributed by atoms with Gasteiger partial charge in [-0.3, -0.25) is 19.6 Å². The third-order valence-electron chi connectivity index (χ3n) is 10.0. The van der Waals surface area contributed by atoms with Crippen molar-refractivity contribution in [2.24, 2.45) is 0 Å². The van der Waals surface area contributed by atoms with E-state index in [0.29, 0.717) is 44.3 Å². The van der Waals surface area contributed by atoms with Gasteiger partial charge >= 0.3 is 11.1 Å². The van der Waals surface area contributed by atoms with Gasteiger partial charge in [0.05, 0.1) is 11.1 Å². The van der Waals surface area contributed by atoms with Crippen molar-refractivity contribution in [3.8, 4) is 22.9 Å². The van der Waals surface area contributed by atoms with Crippen LogP contribution in [-0.2, 0) is 0 Å². The second-order valence-electron chi connectivity index (χ2n) is 14.1. The molecule has 0 bridgehead atoms. The third kappa shape index (κ3) is 5.48. The number of H-pyrrole nitrogens is 2. The van der Waals surface area contributed by atoms with Gasteiger partial charge in [0.15, 0.2) is 11.3 Å². The van der Waals surface area contributed by atoms with Crippen LogP contribution in [0.1, 0.15) is 94.2 Å². The van der Waals surface area contributed by atoms with Crippen LogP contribution in [0, 0.1) is 22.9 Å². The summed E-state index contributed by atoms with van der Waals surface area (Å²) in [4.78, 5) is 39.8.